The van der Waals surface area contributed by atoms with Crippen LogP contribution in [0, 0.1) is 6.92 Å². The lowest BCUT2D eigenvalue weighted by atomic mass is 10.00. The van der Waals surface area contributed by atoms with Gasteiger partial charge in [-0.05, 0) is 49.1 Å². The van der Waals surface area contributed by atoms with E-state index in [0.29, 0.717) is 18.4 Å². The average Bonchev–Trinajstić information content (AvgIpc) is 3.09. The molecule has 9 nitrogen and oxygen atoms in total. The van der Waals surface area contributed by atoms with Gasteiger partial charge in [-0.25, -0.2) is 14.8 Å². The number of nitrogens with zero attached hydrogens (tertiary/aromatic N) is 2. The molecule has 2 aromatic carbocycles. The van der Waals surface area contributed by atoms with E-state index in [1.54, 1.807) is 24.3 Å². The monoisotopic (exact) mass is 457 g/mol. The molecular weight excluding hydrogens is 434 g/mol. The van der Waals surface area contributed by atoms with Crippen LogP contribution < -0.4 is 5.32 Å². The largest absolute Gasteiger partial charge is 0.342 e. The maximum Gasteiger partial charge on any atom is 0.342 e. The molecule has 2 aliphatic heterocycles. The maximum absolute atomic E-state index is 12.8. The van der Waals surface area contributed by atoms with Gasteiger partial charge in [-0.15, -0.1) is 0 Å². The van der Waals surface area contributed by atoms with Crippen LogP contribution in [-0.4, -0.2) is 49.4 Å². The van der Waals surface area contributed by atoms with E-state index in [9.17, 15) is 22.8 Å². The van der Waals surface area contributed by atoms with Crippen LogP contribution in [0.2, 0.25) is 0 Å². The highest BCUT2D eigenvalue weighted by atomic mass is 32.2. The van der Waals surface area contributed by atoms with E-state index in [1.165, 1.54) is 22.2 Å². The fraction of sp³-hybridized carbons (Fsp3) is 0.318. The van der Waals surface area contributed by atoms with Crippen molar-refractivity contribution in [1.82, 2.24) is 15.3 Å². The molecule has 2 aliphatic rings. The number of urea groups is 1. The molecule has 0 aromatic heterocycles. The Kier molecular flexibility index (Phi) is 5.98. The molecule has 2 heterocycles. The molecule has 1 saturated heterocycles. The van der Waals surface area contributed by atoms with Crippen molar-refractivity contribution < 1.29 is 27.0 Å². The number of rotatable bonds is 7. The maximum atomic E-state index is 12.8. The van der Waals surface area contributed by atoms with E-state index < -0.39 is 16.1 Å². The number of imide groups is 1. The zero-order chi connectivity index (χ0) is 22.9. The molecule has 10 heteroatoms. The zero-order valence-corrected chi connectivity index (χ0v) is 18.4. The molecule has 32 heavy (non-hydrogen) atoms. The standard InChI is InChI=1S/C22H23N3O6S/c1-15-7-9-17(10-8-15)32(29,30)31-13-3-5-16-4-2-6-18-19(16)14-25(21(18)27)24-12-11-20(26)23-22(24)28/h2,4,6-10H,3,5,11-14H2,1H3,(H,23,26,28). The van der Waals surface area contributed by atoms with Crippen molar-refractivity contribution in [3.8, 4) is 0 Å². The van der Waals surface area contributed by atoms with Gasteiger partial charge >= 0.3 is 6.03 Å². The molecular formula is C22H23N3O6S. The lowest BCUT2D eigenvalue weighted by Gasteiger charge is -2.33. The van der Waals surface area contributed by atoms with Crippen molar-refractivity contribution >= 4 is 28.0 Å². The number of fused-ring (bicyclic) bond motifs is 1. The van der Waals surface area contributed by atoms with Gasteiger partial charge in [-0.2, -0.15) is 8.42 Å². The van der Waals surface area contributed by atoms with Gasteiger partial charge in [-0.3, -0.25) is 19.1 Å². The number of aryl methyl sites for hydroxylation is 2. The summed E-state index contributed by atoms with van der Waals surface area (Å²) >= 11 is 0. The van der Waals surface area contributed by atoms with Crippen LogP contribution in [0.1, 0.15) is 39.9 Å². The summed E-state index contributed by atoms with van der Waals surface area (Å²) in [5.74, 6) is -0.666. The SMILES string of the molecule is Cc1ccc(S(=O)(=O)OCCCc2cccc3c2CN(N2CCC(=O)NC2=O)C3=O)cc1. The second-order valence-corrected chi connectivity index (χ2v) is 9.34. The molecule has 0 saturated carbocycles. The second-order valence-electron chi connectivity index (χ2n) is 7.73. The highest BCUT2D eigenvalue weighted by Crippen LogP contribution is 2.29. The number of hydrogen-bond donors (Lipinski definition) is 1. The topological polar surface area (TPSA) is 113 Å². The van der Waals surface area contributed by atoms with Crippen molar-refractivity contribution in [3.05, 3.63) is 64.7 Å². The van der Waals surface area contributed by atoms with E-state index in [0.717, 1.165) is 16.7 Å². The molecule has 0 spiro atoms. The Hall–Kier alpha value is -3.24. The lowest BCUT2D eigenvalue weighted by Crippen LogP contribution is -2.56. The zero-order valence-electron chi connectivity index (χ0n) is 17.5. The quantitative estimate of drug-likeness (QED) is 0.504. The third-order valence-corrected chi connectivity index (χ3v) is 6.83. The van der Waals surface area contributed by atoms with Crippen molar-refractivity contribution in [3.63, 3.8) is 0 Å². The number of carbonyl (C=O) groups excluding carboxylic acids is 3. The number of carbonyl (C=O) groups is 3. The summed E-state index contributed by atoms with van der Waals surface area (Å²) in [6.45, 7) is 2.24. The fourth-order valence-corrected chi connectivity index (χ4v) is 4.74. The first-order valence-electron chi connectivity index (χ1n) is 10.3. The summed E-state index contributed by atoms with van der Waals surface area (Å²) in [6, 6.07) is 11.2. The molecule has 0 radical (unpaired) electrons. The third kappa shape index (κ3) is 4.37. The minimum atomic E-state index is -3.83. The highest BCUT2D eigenvalue weighted by molar-refractivity contribution is 7.86. The van der Waals surface area contributed by atoms with E-state index in [2.05, 4.69) is 5.32 Å². The summed E-state index contributed by atoms with van der Waals surface area (Å²) in [7, 11) is -3.83. The van der Waals surface area contributed by atoms with E-state index in [-0.39, 0.29) is 42.8 Å². The normalized spacial score (nSPS) is 16.3. The van der Waals surface area contributed by atoms with E-state index in [1.807, 2.05) is 13.0 Å². The minimum Gasteiger partial charge on any atom is -0.276 e. The van der Waals surface area contributed by atoms with Gasteiger partial charge < -0.3 is 0 Å². The molecule has 0 atom stereocenters. The Labute approximate surface area is 186 Å². The van der Waals surface area contributed by atoms with Crippen LogP contribution in [-0.2, 0) is 32.1 Å². The summed E-state index contributed by atoms with van der Waals surface area (Å²) in [5, 5.41) is 4.82. The molecule has 0 bridgehead atoms. The summed E-state index contributed by atoms with van der Waals surface area (Å²) in [6.07, 6.45) is 1.08. The van der Waals surface area contributed by atoms with Crippen molar-refractivity contribution in [2.45, 2.75) is 37.6 Å². The summed E-state index contributed by atoms with van der Waals surface area (Å²) in [5.41, 5.74) is 3.14. The van der Waals surface area contributed by atoms with Crippen molar-refractivity contribution in [2.24, 2.45) is 0 Å². The van der Waals surface area contributed by atoms with Gasteiger partial charge in [0.15, 0.2) is 0 Å². The van der Waals surface area contributed by atoms with Gasteiger partial charge in [0.25, 0.3) is 16.0 Å². The second kappa shape index (κ2) is 8.71. The first-order valence-corrected chi connectivity index (χ1v) is 11.7. The molecule has 1 N–H and O–H groups in total. The highest BCUT2D eigenvalue weighted by Gasteiger charge is 2.37. The number of hydrogen-bond acceptors (Lipinski definition) is 6. The van der Waals surface area contributed by atoms with Gasteiger partial charge in [0.1, 0.15) is 0 Å². The first-order chi connectivity index (χ1) is 15.3. The van der Waals surface area contributed by atoms with Crippen molar-refractivity contribution in [2.75, 3.05) is 13.2 Å². The van der Waals surface area contributed by atoms with Crippen molar-refractivity contribution in [1.29, 1.82) is 0 Å². The van der Waals surface area contributed by atoms with Crippen LogP contribution in [0.3, 0.4) is 0 Å². The molecule has 168 valence electrons. The predicted octanol–water partition coefficient (Wildman–Crippen LogP) is 2.15. The Bertz CT molecular complexity index is 1180. The van der Waals surface area contributed by atoms with Gasteiger partial charge in [0.05, 0.1) is 24.6 Å². The summed E-state index contributed by atoms with van der Waals surface area (Å²) < 4.78 is 29.8. The van der Waals surface area contributed by atoms with Crippen LogP contribution in [0.15, 0.2) is 47.4 Å². The fourth-order valence-electron chi connectivity index (χ4n) is 3.80. The molecule has 4 amide bonds. The smallest absolute Gasteiger partial charge is 0.276 e. The van der Waals surface area contributed by atoms with Crippen LogP contribution in [0.25, 0.3) is 0 Å². The Morgan fingerprint density at radius 2 is 1.78 bits per heavy atom. The average molecular weight is 458 g/mol. The van der Waals surface area contributed by atoms with Crippen LogP contribution in [0.4, 0.5) is 4.79 Å². The molecule has 1 fully saturated rings. The van der Waals surface area contributed by atoms with E-state index >= 15 is 0 Å². The van der Waals surface area contributed by atoms with Gasteiger partial charge in [0, 0.05) is 12.0 Å². The first kappa shape index (κ1) is 22.0. The Balaban J connectivity index is 1.39. The van der Waals surface area contributed by atoms with Gasteiger partial charge in [0.2, 0.25) is 5.91 Å². The predicted molar refractivity (Wildman–Crippen MR) is 114 cm³/mol. The Morgan fingerprint density at radius 1 is 1.03 bits per heavy atom. The van der Waals surface area contributed by atoms with Crippen LogP contribution in [0.5, 0.6) is 0 Å². The number of hydrazine groups is 1. The van der Waals surface area contributed by atoms with E-state index in [4.69, 9.17) is 4.18 Å². The van der Waals surface area contributed by atoms with Gasteiger partial charge in [-0.1, -0.05) is 29.8 Å². The third-order valence-electron chi connectivity index (χ3n) is 5.51. The molecule has 2 aromatic rings. The molecule has 0 aliphatic carbocycles. The minimum absolute atomic E-state index is 0.00812. The van der Waals surface area contributed by atoms with Crippen LogP contribution >= 0.6 is 0 Å². The number of benzene rings is 2. The molecule has 4 rings (SSSR count). The summed E-state index contributed by atoms with van der Waals surface area (Å²) in [4.78, 5) is 36.5. The number of nitrogens with one attached hydrogen (secondary N) is 1. The molecule has 0 unspecified atom stereocenters. The lowest BCUT2D eigenvalue weighted by molar-refractivity contribution is -0.123. The Morgan fingerprint density at radius 3 is 2.50 bits per heavy atom. The number of amides is 4.